The molecule has 0 radical (unpaired) electrons. The van der Waals surface area contributed by atoms with E-state index in [1.54, 1.807) is 6.20 Å². The quantitative estimate of drug-likeness (QED) is 0.699. The van der Waals surface area contributed by atoms with Gasteiger partial charge in [-0.05, 0) is 54.6 Å². The normalized spacial score (nSPS) is 15.0. The molecule has 2 heterocycles. The number of pyridine rings is 1. The van der Waals surface area contributed by atoms with Gasteiger partial charge in [-0.25, -0.2) is 13.8 Å². The average Bonchev–Trinajstić information content (AvgIpc) is 2.70. The number of anilines is 1. The Hall–Kier alpha value is -2.73. The molecule has 1 aromatic heterocycles. The lowest BCUT2D eigenvalue weighted by molar-refractivity contribution is 0.0926. The van der Waals surface area contributed by atoms with Gasteiger partial charge < -0.3 is 10.2 Å². The predicted octanol–water partition coefficient (Wildman–Crippen LogP) is 4.57. The van der Waals surface area contributed by atoms with Crippen molar-refractivity contribution in [2.24, 2.45) is 0 Å². The molecule has 0 spiro atoms. The SMILES string of the molecule is O=C(NC1CCN(c2nccc3cc(Cl)ccc23)CC1)c1cccc(F)c1F. The molecule has 4 nitrogen and oxygen atoms in total. The van der Waals surface area contributed by atoms with Crippen LogP contribution in [-0.2, 0) is 0 Å². The lowest BCUT2D eigenvalue weighted by Crippen LogP contribution is -2.45. The highest BCUT2D eigenvalue weighted by molar-refractivity contribution is 6.31. The molecule has 0 atom stereocenters. The van der Waals surface area contributed by atoms with Crippen LogP contribution in [0, 0.1) is 11.6 Å². The summed E-state index contributed by atoms with van der Waals surface area (Å²) in [6.45, 7) is 1.40. The van der Waals surface area contributed by atoms with Gasteiger partial charge in [0.1, 0.15) is 5.82 Å². The summed E-state index contributed by atoms with van der Waals surface area (Å²) < 4.78 is 27.1. The zero-order chi connectivity index (χ0) is 19.7. The highest BCUT2D eigenvalue weighted by atomic mass is 35.5. The zero-order valence-electron chi connectivity index (χ0n) is 15.0. The second-order valence-electron chi connectivity index (χ2n) is 6.84. The Kier molecular flexibility index (Phi) is 5.13. The summed E-state index contributed by atoms with van der Waals surface area (Å²) in [4.78, 5) is 19.0. The molecule has 7 heteroatoms. The zero-order valence-corrected chi connectivity index (χ0v) is 15.7. The van der Waals surface area contributed by atoms with Crippen LogP contribution in [-0.4, -0.2) is 30.0 Å². The summed E-state index contributed by atoms with van der Waals surface area (Å²) in [7, 11) is 0. The minimum absolute atomic E-state index is 0.101. The van der Waals surface area contributed by atoms with Crippen molar-refractivity contribution in [3.05, 3.63) is 70.9 Å². The van der Waals surface area contributed by atoms with Crippen molar-refractivity contribution in [1.82, 2.24) is 10.3 Å². The van der Waals surface area contributed by atoms with Crippen molar-refractivity contribution >= 4 is 34.1 Å². The molecule has 1 fully saturated rings. The topological polar surface area (TPSA) is 45.2 Å². The number of hydrogen-bond donors (Lipinski definition) is 1. The maximum atomic E-state index is 13.8. The fourth-order valence-corrected chi connectivity index (χ4v) is 3.74. The van der Waals surface area contributed by atoms with E-state index >= 15 is 0 Å². The number of hydrogen-bond acceptors (Lipinski definition) is 3. The Balaban J connectivity index is 1.44. The standard InChI is InChI=1S/C21H18ClF2N3O/c22-14-4-5-16-13(12-14)6-9-25-20(16)27-10-7-15(8-11-27)26-21(28)17-2-1-3-18(23)19(17)24/h1-6,9,12,15H,7-8,10-11H2,(H,26,28). The van der Waals surface area contributed by atoms with E-state index < -0.39 is 17.5 Å². The number of amides is 1. The highest BCUT2D eigenvalue weighted by Gasteiger charge is 2.24. The first-order valence-electron chi connectivity index (χ1n) is 9.07. The first-order chi connectivity index (χ1) is 13.5. The van der Waals surface area contributed by atoms with Crippen molar-refractivity contribution in [1.29, 1.82) is 0 Å². The van der Waals surface area contributed by atoms with E-state index in [9.17, 15) is 13.6 Å². The van der Waals surface area contributed by atoms with Crippen LogP contribution in [0.4, 0.5) is 14.6 Å². The molecule has 3 aromatic rings. The molecule has 1 saturated heterocycles. The number of nitrogens with zero attached hydrogens (tertiary/aromatic N) is 2. The van der Waals surface area contributed by atoms with Crippen LogP contribution in [0.15, 0.2) is 48.7 Å². The van der Waals surface area contributed by atoms with Crippen LogP contribution >= 0.6 is 11.6 Å². The molecule has 1 aliphatic heterocycles. The van der Waals surface area contributed by atoms with Crippen LogP contribution in [0.25, 0.3) is 10.8 Å². The summed E-state index contributed by atoms with van der Waals surface area (Å²) in [5.74, 6) is -1.84. The van der Waals surface area contributed by atoms with Crippen molar-refractivity contribution in [3.63, 3.8) is 0 Å². The van der Waals surface area contributed by atoms with E-state index in [1.165, 1.54) is 12.1 Å². The molecule has 1 aliphatic rings. The molecule has 0 saturated carbocycles. The maximum absolute atomic E-state index is 13.8. The molecule has 0 aliphatic carbocycles. The van der Waals surface area contributed by atoms with Gasteiger partial charge in [-0.15, -0.1) is 0 Å². The molecule has 1 amide bonds. The summed E-state index contributed by atoms with van der Waals surface area (Å²) >= 11 is 6.07. The monoisotopic (exact) mass is 401 g/mol. The number of aromatic nitrogens is 1. The number of benzene rings is 2. The predicted molar refractivity (Wildman–Crippen MR) is 106 cm³/mol. The minimum Gasteiger partial charge on any atom is -0.356 e. The Labute approximate surface area is 166 Å². The van der Waals surface area contributed by atoms with E-state index in [4.69, 9.17) is 11.6 Å². The third-order valence-electron chi connectivity index (χ3n) is 5.03. The summed E-state index contributed by atoms with van der Waals surface area (Å²) in [6.07, 6.45) is 3.14. The van der Waals surface area contributed by atoms with Crippen molar-refractivity contribution in [3.8, 4) is 0 Å². The Morgan fingerprint density at radius 1 is 1.14 bits per heavy atom. The first kappa shape index (κ1) is 18.6. The Morgan fingerprint density at radius 2 is 1.93 bits per heavy atom. The van der Waals surface area contributed by atoms with Gasteiger partial charge in [-0.2, -0.15) is 0 Å². The van der Waals surface area contributed by atoms with Crippen molar-refractivity contribution in [2.45, 2.75) is 18.9 Å². The lowest BCUT2D eigenvalue weighted by Gasteiger charge is -2.33. The number of rotatable bonds is 3. The number of carbonyl (C=O) groups excluding carboxylic acids is 1. The minimum atomic E-state index is -1.11. The van der Waals surface area contributed by atoms with Crippen LogP contribution in [0.2, 0.25) is 5.02 Å². The number of fused-ring (bicyclic) bond motifs is 1. The van der Waals surface area contributed by atoms with Crippen molar-refractivity contribution < 1.29 is 13.6 Å². The second-order valence-corrected chi connectivity index (χ2v) is 7.27. The summed E-state index contributed by atoms with van der Waals surface area (Å²) in [6, 6.07) is 11.1. The number of carbonyl (C=O) groups is 1. The van der Waals surface area contributed by atoms with E-state index in [0.717, 1.165) is 22.7 Å². The van der Waals surface area contributed by atoms with Gasteiger partial charge in [0.25, 0.3) is 5.91 Å². The largest absolute Gasteiger partial charge is 0.356 e. The van der Waals surface area contributed by atoms with Crippen LogP contribution in [0.1, 0.15) is 23.2 Å². The highest BCUT2D eigenvalue weighted by Crippen LogP contribution is 2.28. The first-order valence-corrected chi connectivity index (χ1v) is 9.45. The summed E-state index contributed by atoms with van der Waals surface area (Å²) in [5, 5.41) is 5.53. The van der Waals surface area contributed by atoms with Gasteiger partial charge in [-0.1, -0.05) is 17.7 Å². The lowest BCUT2D eigenvalue weighted by atomic mass is 10.0. The molecular formula is C21H18ClF2N3O. The van der Waals surface area contributed by atoms with E-state index in [0.29, 0.717) is 31.0 Å². The van der Waals surface area contributed by atoms with Gasteiger partial charge >= 0.3 is 0 Å². The van der Waals surface area contributed by atoms with E-state index in [2.05, 4.69) is 15.2 Å². The molecule has 0 bridgehead atoms. The fourth-order valence-electron chi connectivity index (χ4n) is 3.56. The number of piperidine rings is 1. The smallest absolute Gasteiger partial charge is 0.254 e. The van der Waals surface area contributed by atoms with Crippen molar-refractivity contribution in [2.75, 3.05) is 18.0 Å². The van der Waals surface area contributed by atoms with Crippen LogP contribution in [0.3, 0.4) is 0 Å². The molecule has 4 rings (SSSR count). The van der Waals surface area contributed by atoms with Gasteiger partial charge in [0, 0.05) is 35.7 Å². The second kappa shape index (κ2) is 7.72. The Morgan fingerprint density at radius 3 is 2.71 bits per heavy atom. The summed E-state index contributed by atoms with van der Waals surface area (Å²) in [5.41, 5.74) is -0.268. The maximum Gasteiger partial charge on any atom is 0.254 e. The molecule has 28 heavy (non-hydrogen) atoms. The van der Waals surface area contributed by atoms with Crippen LogP contribution < -0.4 is 10.2 Å². The third kappa shape index (κ3) is 3.64. The molecular weight excluding hydrogens is 384 g/mol. The third-order valence-corrected chi connectivity index (χ3v) is 5.27. The molecule has 1 N–H and O–H groups in total. The van der Waals surface area contributed by atoms with Gasteiger partial charge in [0.05, 0.1) is 5.56 Å². The van der Waals surface area contributed by atoms with Crippen LogP contribution in [0.5, 0.6) is 0 Å². The van der Waals surface area contributed by atoms with Gasteiger partial charge in [-0.3, -0.25) is 4.79 Å². The van der Waals surface area contributed by atoms with E-state index in [-0.39, 0.29) is 11.6 Å². The fraction of sp³-hybridized carbons (Fsp3) is 0.238. The number of halogens is 3. The molecule has 0 unspecified atom stereocenters. The molecule has 144 valence electrons. The number of nitrogens with one attached hydrogen (secondary N) is 1. The molecule has 2 aromatic carbocycles. The van der Waals surface area contributed by atoms with Gasteiger partial charge in [0.15, 0.2) is 11.6 Å². The average molecular weight is 402 g/mol. The Bertz CT molecular complexity index is 1040. The van der Waals surface area contributed by atoms with E-state index in [1.807, 2.05) is 24.3 Å². The van der Waals surface area contributed by atoms with Gasteiger partial charge in [0.2, 0.25) is 0 Å².